The van der Waals surface area contributed by atoms with Crippen molar-refractivity contribution >= 4 is 11.9 Å². The van der Waals surface area contributed by atoms with E-state index in [2.05, 4.69) is 62.5 Å². The highest BCUT2D eigenvalue weighted by atomic mass is 16.7. The number of ether oxygens (including phenoxy) is 6. The van der Waals surface area contributed by atoms with Crippen LogP contribution in [0.2, 0.25) is 0 Å². The molecule has 76 heavy (non-hydrogen) atoms. The number of carbonyl (C=O) groups excluding carboxylic acids is 2. The van der Waals surface area contributed by atoms with E-state index in [1.165, 1.54) is 128 Å². The van der Waals surface area contributed by atoms with Crippen molar-refractivity contribution in [3.63, 3.8) is 0 Å². The summed E-state index contributed by atoms with van der Waals surface area (Å²) in [7, 11) is 0. The number of allylic oxidation sites excluding steroid dienone is 8. The largest absolute Gasteiger partial charge is 0.462 e. The van der Waals surface area contributed by atoms with Gasteiger partial charge >= 0.3 is 11.9 Å². The summed E-state index contributed by atoms with van der Waals surface area (Å²) in [6.07, 6.45) is 38.6. The van der Waals surface area contributed by atoms with Crippen molar-refractivity contribution in [2.24, 2.45) is 0 Å². The van der Waals surface area contributed by atoms with Gasteiger partial charge in [0.15, 0.2) is 18.7 Å². The molecule has 7 N–H and O–H groups in total. The molecule has 2 saturated heterocycles. The van der Waals surface area contributed by atoms with Crippen LogP contribution >= 0.6 is 0 Å². The Morgan fingerprint density at radius 2 is 0.816 bits per heavy atom. The highest BCUT2D eigenvalue weighted by Crippen LogP contribution is 2.27. The highest BCUT2D eigenvalue weighted by Gasteiger charge is 2.47. The van der Waals surface area contributed by atoms with E-state index in [1.54, 1.807) is 0 Å². The molecule has 2 fully saturated rings. The molecule has 0 aromatic carbocycles. The van der Waals surface area contributed by atoms with Crippen molar-refractivity contribution in [2.75, 3.05) is 26.4 Å². The Balaban J connectivity index is 1.76. The second-order valence-corrected chi connectivity index (χ2v) is 21.2. The molecule has 0 aromatic heterocycles. The molecule has 2 heterocycles. The third-order valence-corrected chi connectivity index (χ3v) is 14.3. The monoisotopic (exact) mass is 1080 g/mol. The normalized spacial score (nSPS) is 24.6. The van der Waals surface area contributed by atoms with E-state index in [-0.39, 0.29) is 19.4 Å². The van der Waals surface area contributed by atoms with E-state index >= 15 is 0 Å². The fourth-order valence-electron chi connectivity index (χ4n) is 9.33. The van der Waals surface area contributed by atoms with Crippen LogP contribution in [-0.4, -0.2) is 142 Å². The minimum atomic E-state index is -1.77. The summed E-state index contributed by atoms with van der Waals surface area (Å²) in [5.74, 6) is -0.978. The van der Waals surface area contributed by atoms with Crippen molar-refractivity contribution in [1.82, 2.24) is 0 Å². The first-order valence-corrected chi connectivity index (χ1v) is 30.2. The highest BCUT2D eigenvalue weighted by molar-refractivity contribution is 5.70. The molecular weight excluding hydrogens is 973 g/mol. The van der Waals surface area contributed by atoms with Crippen LogP contribution in [0.3, 0.4) is 0 Å². The van der Waals surface area contributed by atoms with Crippen LogP contribution in [-0.2, 0) is 38.0 Å². The van der Waals surface area contributed by atoms with Gasteiger partial charge in [0.1, 0.15) is 55.4 Å². The van der Waals surface area contributed by atoms with Gasteiger partial charge < -0.3 is 64.2 Å². The van der Waals surface area contributed by atoms with Crippen LogP contribution in [0.5, 0.6) is 0 Å². The minimum Gasteiger partial charge on any atom is -0.462 e. The Morgan fingerprint density at radius 3 is 1.34 bits per heavy atom. The summed E-state index contributed by atoms with van der Waals surface area (Å²) < 4.78 is 33.7. The van der Waals surface area contributed by atoms with Crippen molar-refractivity contribution in [3.05, 3.63) is 48.6 Å². The lowest BCUT2D eigenvalue weighted by Crippen LogP contribution is -2.61. The average Bonchev–Trinajstić information content (AvgIpc) is 3.42. The first kappa shape index (κ1) is 69.6. The Kier molecular flexibility index (Phi) is 43.3. The van der Waals surface area contributed by atoms with Gasteiger partial charge in [-0.1, -0.05) is 191 Å². The summed E-state index contributed by atoms with van der Waals surface area (Å²) in [4.78, 5) is 25.9. The SMILES string of the molecule is CCCCC/C=C/C/C=C/CCCCCCCCCC(=O)OC[C@H](CO[C@H]1O[C@@H](CO[C@H]2O[C@@H](CO)[C@@H](O)C(O)C2O)[C@@H](O)C(O)C1O)OC(=O)CCC/C=C/CC/C=C/CCCCCCCCCCCCCCCC. The molecule has 15 heteroatoms. The average molecular weight is 1080 g/mol. The summed E-state index contributed by atoms with van der Waals surface area (Å²) in [5, 5.41) is 72.3. The van der Waals surface area contributed by atoms with Gasteiger partial charge in [-0.15, -0.1) is 0 Å². The van der Waals surface area contributed by atoms with Crippen LogP contribution < -0.4 is 0 Å². The van der Waals surface area contributed by atoms with Gasteiger partial charge in [0.05, 0.1) is 19.8 Å². The van der Waals surface area contributed by atoms with Crippen LogP contribution in [0.15, 0.2) is 48.6 Å². The van der Waals surface area contributed by atoms with Gasteiger partial charge in [-0.2, -0.15) is 0 Å². The number of aliphatic hydroxyl groups excluding tert-OH is 7. The summed E-state index contributed by atoms with van der Waals surface area (Å²) in [5.41, 5.74) is 0. The predicted octanol–water partition coefficient (Wildman–Crippen LogP) is 10.6. The van der Waals surface area contributed by atoms with Crippen molar-refractivity contribution in [2.45, 2.75) is 300 Å². The lowest BCUT2D eigenvalue weighted by molar-refractivity contribution is -0.332. The van der Waals surface area contributed by atoms with Crippen LogP contribution in [0.1, 0.15) is 232 Å². The van der Waals surface area contributed by atoms with E-state index in [1.807, 2.05) is 0 Å². The molecule has 0 spiro atoms. The third-order valence-electron chi connectivity index (χ3n) is 14.3. The maximum absolute atomic E-state index is 13.1. The Morgan fingerprint density at radius 1 is 0.421 bits per heavy atom. The number of hydrogen-bond acceptors (Lipinski definition) is 15. The maximum atomic E-state index is 13.1. The summed E-state index contributed by atoms with van der Waals surface area (Å²) in [6.45, 7) is 2.55. The van der Waals surface area contributed by atoms with Crippen LogP contribution in [0.4, 0.5) is 0 Å². The Labute approximate surface area is 458 Å². The maximum Gasteiger partial charge on any atom is 0.306 e. The van der Waals surface area contributed by atoms with Crippen molar-refractivity contribution in [1.29, 1.82) is 0 Å². The molecule has 0 aliphatic carbocycles. The number of aliphatic hydroxyl groups is 7. The zero-order valence-electron chi connectivity index (χ0n) is 47.2. The number of hydrogen-bond donors (Lipinski definition) is 7. The second kappa shape index (κ2) is 47.3. The summed E-state index contributed by atoms with van der Waals surface area (Å²) in [6, 6.07) is 0. The number of rotatable bonds is 48. The number of carbonyl (C=O) groups is 2. The van der Waals surface area contributed by atoms with E-state index in [4.69, 9.17) is 28.4 Å². The molecule has 4 unspecified atom stereocenters. The van der Waals surface area contributed by atoms with E-state index in [0.29, 0.717) is 19.3 Å². The molecule has 0 aromatic rings. The zero-order valence-corrected chi connectivity index (χ0v) is 47.2. The number of esters is 2. The third kappa shape index (κ3) is 33.8. The molecule has 2 aliphatic rings. The predicted molar refractivity (Wildman–Crippen MR) is 298 cm³/mol. The minimum absolute atomic E-state index is 0.103. The summed E-state index contributed by atoms with van der Waals surface area (Å²) >= 11 is 0. The first-order chi connectivity index (χ1) is 37.0. The molecule has 2 rings (SSSR count). The molecule has 0 amide bonds. The molecular formula is C61H108O15. The smallest absolute Gasteiger partial charge is 0.306 e. The van der Waals surface area contributed by atoms with E-state index in [0.717, 1.165) is 57.8 Å². The first-order valence-electron chi connectivity index (χ1n) is 30.2. The topological polar surface area (TPSA) is 231 Å². The molecule has 0 radical (unpaired) electrons. The van der Waals surface area contributed by atoms with Gasteiger partial charge in [-0.25, -0.2) is 0 Å². The second-order valence-electron chi connectivity index (χ2n) is 21.2. The molecule has 0 bridgehead atoms. The molecule has 11 atom stereocenters. The van der Waals surface area contributed by atoms with E-state index < -0.39 is 99.3 Å². The van der Waals surface area contributed by atoms with Gasteiger partial charge in [-0.05, 0) is 77.0 Å². The lowest BCUT2D eigenvalue weighted by atomic mass is 9.98. The lowest BCUT2D eigenvalue weighted by Gasteiger charge is -2.42. The molecule has 442 valence electrons. The number of unbranched alkanes of at least 4 members (excludes halogenated alkanes) is 26. The van der Waals surface area contributed by atoms with Gasteiger partial charge in [0.2, 0.25) is 0 Å². The van der Waals surface area contributed by atoms with Gasteiger partial charge in [0, 0.05) is 12.8 Å². The molecule has 0 saturated carbocycles. The Bertz CT molecular complexity index is 1500. The van der Waals surface area contributed by atoms with Crippen LogP contribution in [0, 0.1) is 0 Å². The van der Waals surface area contributed by atoms with Crippen molar-refractivity contribution in [3.8, 4) is 0 Å². The van der Waals surface area contributed by atoms with Crippen LogP contribution in [0.25, 0.3) is 0 Å². The van der Waals surface area contributed by atoms with Gasteiger partial charge in [-0.3, -0.25) is 9.59 Å². The Hall–Kier alpha value is -2.54. The quantitative estimate of drug-likeness (QED) is 0.0171. The fourth-order valence-corrected chi connectivity index (χ4v) is 9.33. The van der Waals surface area contributed by atoms with Crippen molar-refractivity contribution < 1.29 is 73.8 Å². The standard InChI is InChI=1S/C61H108O15/c1-3-5-7-9-11-13-15-17-19-21-22-23-24-25-26-28-30-32-34-36-38-40-42-44-53(64)74-49(46-71-52(63)43-41-39-37-35-33-31-29-27-20-18-16-14-12-10-8-6-4-2)47-72-60-59(70)57(68)55(66)51(76-60)48-73-61-58(69)56(67)54(65)50(45-62)75-61/h12,14,18,20,28,30,36,38,49-51,54-62,65-70H,3-11,13,15-17,19,21-27,29,31-35,37,39-48H2,1-2H3/b14-12+,20-18+,30-28+,38-36+/t49-,50+,51+,54-,55-,56?,57?,58?,59?,60+,61+/m1/s1. The fraction of sp³-hybridized carbons (Fsp3) is 0.836. The zero-order chi connectivity index (χ0) is 55.3. The van der Waals surface area contributed by atoms with E-state index in [9.17, 15) is 45.3 Å². The molecule has 2 aliphatic heterocycles. The van der Waals surface area contributed by atoms with Gasteiger partial charge in [0.25, 0.3) is 0 Å². The molecule has 15 nitrogen and oxygen atoms in total.